The summed E-state index contributed by atoms with van der Waals surface area (Å²) in [5.41, 5.74) is 3.44. The molecule has 1 amide bonds. The number of rotatable bonds is 2. The van der Waals surface area contributed by atoms with Crippen LogP contribution in [0.15, 0.2) is 48.8 Å². The summed E-state index contributed by atoms with van der Waals surface area (Å²) in [4.78, 5) is 11.8. The van der Waals surface area contributed by atoms with Crippen molar-refractivity contribution >= 4 is 28.5 Å². The summed E-state index contributed by atoms with van der Waals surface area (Å²) in [6, 6.07) is 11.2. The van der Waals surface area contributed by atoms with Crippen LogP contribution in [0.2, 0.25) is 0 Å². The van der Waals surface area contributed by atoms with Gasteiger partial charge >= 0.3 is 0 Å². The van der Waals surface area contributed by atoms with E-state index in [1.54, 1.807) is 23.1 Å². The lowest BCUT2D eigenvalue weighted by atomic mass is 10.2. The number of hydrogen-bond acceptors (Lipinski definition) is 1. The monoisotopic (exact) mass is 312 g/mol. The highest BCUT2D eigenvalue weighted by Gasteiger charge is 2.08. The fourth-order valence-electron chi connectivity index (χ4n) is 1.23. The standard InChI is InChI=1S/C11H9IN2O/c12-10-6-2-1-5-9(10)11(15)13-14-7-3-4-8-14/h1-8H,(H,13,15). The van der Waals surface area contributed by atoms with Gasteiger partial charge in [0.2, 0.25) is 0 Å². The zero-order chi connectivity index (χ0) is 10.7. The number of amides is 1. The van der Waals surface area contributed by atoms with E-state index in [4.69, 9.17) is 0 Å². The van der Waals surface area contributed by atoms with Crippen molar-refractivity contribution < 1.29 is 4.79 Å². The molecule has 0 aliphatic heterocycles. The Morgan fingerprint density at radius 1 is 1.13 bits per heavy atom. The molecule has 15 heavy (non-hydrogen) atoms. The van der Waals surface area contributed by atoms with Gasteiger partial charge in [0.05, 0.1) is 5.56 Å². The maximum atomic E-state index is 11.8. The summed E-state index contributed by atoms with van der Waals surface area (Å²) in [7, 11) is 0. The average Bonchev–Trinajstić information content (AvgIpc) is 2.71. The first-order valence-electron chi connectivity index (χ1n) is 4.46. The Balaban J connectivity index is 2.19. The van der Waals surface area contributed by atoms with Crippen molar-refractivity contribution in [3.63, 3.8) is 0 Å². The number of hydrogen-bond donors (Lipinski definition) is 1. The molecule has 0 unspecified atom stereocenters. The van der Waals surface area contributed by atoms with E-state index < -0.39 is 0 Å². The van der Waals surface area contributed by atoms with Crippen molar-refractivity contribution in [2.24, 2.45) is 0 Å². The van der Waals surface area contributed by atoms with Gasteiger partial charge in [-0.2, -0.15) is 0 Å². The van der Waals surface area contributed by atoms with Gasteiger partial charge in [-0.15, -0.1) is 0 Å². The molecule has 3 nitrogen and oxygen atoms in total. The molecule has 4 heteroatoms. The number of nitrogens with zero attached hydrogens (tertiary/aromatic N) is 1. The summed E-state index contributed by atoms with van der Waals surface area (Å²) in [5.74, 6) is -0.101. The van der Waals surface area contributed by atoms with Crippen LogP contribution in [0.4, 0.5) is 0 Å². The lowest BCUT2D eigenvalue weighted by Crippen LogP contribution is -2.22. The second-order valence-corrected chi connectivity index (χ2v) is 4.17. The molecule has 2 rings (SSSR count). The van der Waals surface area contributed by atoms with Gasteiger partial charge in [-0.1, -0.05) is 12.1 Å². The Morgan fingerprint density at radius 2 is 1.80 bits per heavy atom. The van der Waals surface area contributed by atoms with Crippen molar-refractivity contribution in [2.75, 3.05) is 5.43 Å². The van der Waals surface area contributed by atoms with Crippen LogP contribution in [-0.4, -0.2) is 10.6 Å². The number of aromatic nitrogens is 1. The van der Waals surface area contributed by atoms with Crippen LogP contribution in [0.1, 0.15) is 10.4 Å². The van der Waals surface area contributed by atoms with E-state index in [-0.39, 0.29) is 5.91 Å². The van der Waals surface area contributed by atoms with Crippen LogP contribution in [0.3, 0.4) is 0 Å². The van der Waals surface area contributed by atoms with E-state index in [9.17, 15) is 4.79 Å². The number of benzene rings is 1. The minimum atomic E-state index is -0.101. The molecule has 0 spiro atoms. The first kappa shape index (κ1) is 10.2. The van der Waals surface area contributed by atoms with Gasteiger partial charge in [-0.05, 0) is 46.9 Å². The Morgan fingerprint density at radius 3 is 2.47 bits per heavy atom. The van der Waals surface area contributed by atoms with Crippen LogP contribution in [0, 0.1) is 3.57 Å². The van der Waals surface area contributed by atoms with Crippen molar-refractivity contribution in [2.45, 2.75) is 0 Å². The minimum Gasteiger partial charge on any atom is -0.268 e. The number of halogens is 1. The summed E-state index contributed by atoms with van der Waals surface area (Å²) in [6.07, 6.45) is 3.57. The quantitative estimate of drug-likeness (QED) is 0.849. The molecule has 1 aromatic carbocycles. The molecule has 76 valence electrons. The third-order valence-corrected chi connectivity index (χ3v) is 2.89. The minimum absolute atomic E-state index is 0.101. The average molecular weight is 312 g/mol. The van der Waals surface area contributed by atoms with E-state index in [0.717, 1.165) is 3.57 Å². The fraction of sp³-hybridized carbons (Fsp3) is 0. The van der Waals surface area contributed by atoms with E-state index in [2.05, 4.69) is 28.0 Å². The summed E-state index contributed by atoms with van der Waals surface area (Å²) < 4.78 is 2.57. The molecule has 0 bridgehead atoms. The fourth-order valence-corrected chi connectivity index (χ4v) is 1.86. The molecule has 0 atom stereocenters. The normalized spacial score (nSPS) is 9.93. The highest BCUT2D eigenvalue weighted by molar-refractivity contribution is 14.1. The summed E-state index contributed by atoms with van der Waals surface area (Å²) in [5, 5.41) is 0. The predicted molar refractivity (Wildman–Crippen MR) is 67.3 cm³/mol. The molecule has 0 saturated heterocycles. The summed E-state index contributed by atoms with van der Waals surface area (Å²) >= 11 is 2.15. The second kappa shape index (κ2) is 4.48. The Kier molecular flexibility index (Phi) is 3.05. The number of carbonyl (C=O) groups is 1. The first-order valence-corrected chi connectivity index (χ1v) is 5.54. The third kappa shape index (κ3) is 2.38. The molecule has 0 saturated carbocycles. The van der Waals surface area contributed by atoms with Crippen LogP contribution >= 0.6 is 22.6 Å². The zero-order valence-electron chi connectivity index (χ0n) is 7.85. The van der Waals surface area contributed by atoms with Crippen LogP contribution < -0.4 is 5.43 Å². The highest BCUT2D eigenvalue weighted by atomic mass is 127. The first-order chi connectivity index (χ1) is 7.27. The SMILES string of the molecule is O=C(Nn1cccc1)c1ccccc1I. The molecule has 0 radical (unpaired) electrons. The van der Waals surface area contributed by atoms with Gasteiger partial charge in [0.1, 0.15) is 0 Å². The molecule has 0 aliphatic carbocycles. The molecular weight excluding hydrogens is 303 g/mol. The van der Waals surface area contributed by atoms with Crippen molar-refractivity contribution in [1.82, 2.24) is 4.68 Å². The molecule has 1 N–H and O–H groups in total. The van der Waals surface area contributed by atoms with E-state index in [1.807, 2.05) is 30.3 Å². The molecule has 0 fully saturated rings. The lowest BCUT2D eigenvalue weighted by molar-refractivity contribution is 0.101. The van der Waals surface area contributed by atoms with Crippen LogP contribution in [-0.2, 0) is 0 Å². The van der Waals surface area contributed by atoms with Gasteiger partial charge in [-0.25, -0.2) is 0 Å². The topological polar surface area (TPSA) is 34.0 Å². The van der Waals surface area contributed by atoms with Crippen molar-refractivity contribution in [1.29, 1.82) is 0 Å². The van der Waals surface area contributed by atoms with Gasteiger partial charge in [0.25, 0.3) is 5.91 Å². The second-order valence-electron chi connectivity index (χ2n) is 3.01. The van der Waals surface area contributed by atoms with Gasteiger partial charge in [0, 0.05) is 16.0 Å². The maximum absolute atomic E-state index is 11.8. The molecule has 0 aliphatic rings. The molecule has 1 aromatic heterocycles. The number of nitrogens with one attached hydrogen (secondary N) is 1. The van der Waals surface area contributed by atoms with Crippen LogP contribution in [0.5, 0.6) is 0 Å². The van der Waals surface area contributed by atoms with Crippen molar-refractivity contribution in [3.8, 4) is 0 Å². The lowest BCUT2D eigenvalue weighted by Gasteiger charge is -2.07. The van der Waals surface area contributed by atoms with E-state index in [1.165, 1.54) is 0 Å². The zero-order valence-corrected chi connectivity index (χ0v) is 10.0. The summed E-state index contributed by atoms with van der Waals surface area (Å²) in [6.45, 7) is 0. The Bertz CT molecular complexity index is 465. The molecule has 1 heterocycles. The van der Waals surface area contributed by atoms with Crippen molar-refractivity contribution in [3.05, 3.63) is 57.9 Å². The van der Waals surface area contributed by atoms with E-state index >= 15 is 0 Å². The van der Waals surface area contributed by atoms with Crippen LogP contribution in [0.25, 0.3) is 0 Å². The highest BCUT2D eigenvalue weighted by Crippen LogP contribution is 2.11. The predicted octanol–water partition coefficient (Wildman–Crippen LogP) is 2.48. The van der Waals surface area contributed by atoms with Gasteiger partial charge in [0.15, 0.2) is 0 Å². The largest absolute Gasteiger partial charge is 0.271 e. The smallest absolute Gasteiger partial charge is 0.268 e. The molecular formula is C11H9IN2O. The van der Waals surface area contributed by atoms with Gasteiger partial charge < -0.3 is 0 Å². The number of carbonyl (C=O) groups excluding carboxylic acids is 1. The Hall–Kier alpha value is -1.30. The maximum Gasteiger partial charge on any atom is 0.271 e. The Labute approximate surface area is 101 Å². The molecule has 2 aromatic rings. The van der Waals surface area contributed by atoms with Gasteiger partial charge in [-0.3, -0.25) is 14.9 Å². The van der Waals surface area contributed by atoms with E-state index in [0.29, 0.717) is 5.56 Å². The third-order valence-electron chi connectivity index (χ3n) is 1.95.